The molecule has 96 valence electrons. The van der Waals surface area contributed by atoms with Crippen molar-refractivity contribution in [2.24, 2.45) is 11.8 Å². The second-order valence-electron chi connectivity index (χ2n) is 5.93. The minimum Gasteiger partial charge on any atom is -0.375 e. The van der Waals surface area contributed by atoms with E-state index >= 15 is 0 Å². The third-order valence-corrected chi connectivity index (χ3v) is 5.90. The van der Waals surface area contributed by atoms with Crippen molar-refractivity contribution in [2.45, 2.75) is 50.5 Å². The molecular formula is C14H22O2S. The van der Waals surface area contributed by atoms with E-state index in [1.54, 1.807) is 0 Å². The third kappa shape index (κ3) is 2.41. The summed E-state index contributed by atoms with van der Waals surface area (Å²) in [6, 6.07) is 0. The topological polar surface area (TPSA) is 26.3 Å². The zero-order valence-corrected chi connectivity index (χ0v) is 11.3. The van der Waals surface area contributed by atoms with Gasteiger partial charge in [-0.05, 0) is 31.6 Å². The summed E-state index contributed by atoms with van der Waals surface area (Å²) in [6.45, 7) is 0.888. The molecule has 2 saturated heterocycles. The van der Waals surface area contributed by atoms with Crippen LogP contribution in [0.25, 0.3) is 0 Å². The van der Waals surface area contributed by atoms with Gasteiger partial charge < -0.3 is 4.74 Å². The van der Waals surface area contributed by atoms with Gasteiger partial charge in [-0.1, -0.05) is 19.3 Å². The molecule has 1 spiro atoms. The molecule has 2 aliphatic heterocycles. The molecule has 2 unspecified atom stereocenters. The predicted octanol–water partition coefficient (Wildman–Crippen LogP) is 3.05. The van der Waals surface area contributed by atoms with Crippen LogP contribution >= 0.6 is 11.8 Å². The number of carbonyl (C=O) groups excluding carboxylic acids is 1. The number of carbonyl (C=O) groups is 1. The van der Waals surface area contributed by atoms with Crippen molar-refractivity contribution in [1.29, 1.82) is 0 Å². The van der Waals surface area contributed by atoms with Crippen LogP contribution in [0.2, 0.25) is 0 Å². The number of hydrogen-bond acceptors (Lipinski definition) is 3. The maximum absolute atomic E-state index is 11.9. The first-order chi connectivity index (χ1) is 8.29. The highest BCUT2D eigenvalue weighted by molar-refractivity contribution is 8.00. The van der Waals surface area contributed by atoms with Gasteiger partial charge in [-0.25, -0.2) is 0 Å². The molecule has 0 radical (unpaired) electrons. The van der Waals surface area contributed by atoms with E-state index in [-0.39, 0.29) is 5.60 Å². The van der Waals surface area contributed by atoms with Gasteiger partial charge in [0, 0.05) is 18.3 Å². The molecule has 0 aromatic heterocycles. The lowest BCUT2D eigenvalue weighted by Gasteiger charge is -2.44. The molecule has 0 aromatic rings. The van der Waals surface area contributed by atoms with E-state index in [9.17, 15) is 4.79 Å². The summed E-state index contributed by atoms with van der Waals surface area (Å²) in [5.74, 6) is 3.30. The van der Waals surface area contributed by atoms with Gasteiger partial charge in [0.05, 0.1) is 11.4 Å². The van der Waals surface area contributed by atoms with Crippen LogP contribution < -0.4 is 0 Å². The molecule has 3 fully saturated rings. The first kappa shape index (κ1) is 12.0. The van der Waals surface area contributed by atoms with Crippen LogP contribution in [0.1, 0.15) is 44.9 Å². The van der Waals surface area contributed by atoms with Crippen molar-refractivity contribution in [3.05, 3.63) is 0 Å². The number of ether oxygens (including phenoxy) is 1. The van der Waals surface area contributed by atoms with Crippen molar-refractivity contribution in [1.82, 2.24) is 0 Å². The molecule has 2 atom stereocenters. The molecule has 3 heteroatoms. The van der Waals surface area contributed by atoms with Crippen molar-refractivity contribution in [3.8, 4) is 0 Å². The van der Waals surface area contributed by atoms with Crippen molar-refractivity contribution in [2.75, 3.05) is 18.1 Å². The van der Waals surface area contributed by atoms with Gasteiger partial charge in [0.2, 0.25) is 0 Å². The van der Waals surface area contributed by atoms with Crippen LogP contribution in [0.3, 0.4) is 0 Å². The summed E-state index contributed by atoms with van der Waals surface area (Å²) in [5.41, 5.74) is 0.161. The Kier molecular flexibility index (Phi) is 3.49. The average Bonchev–Trinajstić information content (AvgIpc) is 2.77. The highest BCUT2D eigenvalue weighted by Crippen LogP contribution is 2.44. The number of rotatable bonds is 1. The number of thioether (sulfide) groups is 1. The van der Waals surface area contributed by atoms with E-state index in [4.69, 9.17) is 4.74 Å². The van der Waals surface area contributed by atoms with Gasteiger partial charge in [-0.2, -0.15) is 11.8 Å². The molecule has 3 rings (SSSR count). The summed E-state index contributed by atoms with van der Waals surface area (Å²) in [6.07, 6.45) is 8.74. The van der Waals surface area contributed by atoms with E-state index in [1.807, 2.05) is 11.8 Å². The Morgan fingerprint density at radius 1 is 1.24 bits per heavy atom. The lowest BCUT2D eigenvalue weighted by Crippen LogP contribution is -2.44. The van der Waals surface area contributed by atoms with Crippen molar-refractivity contribution >= 4 is 17.5 Å². The normalized spacial score (nSPS) is 37.5. The SMILES string of the molecule is O=C1CSCC1C1CCOC2(CCCCC2)C1. The highest BCUT2D eigenvalue weighted by atomic mass is 32.2. The summed E-state index contributed by atoms with van der Waals surface area (Å²) in [5, 5.41) is 0. The largest absolute Gasteiger partial charge is 0.375 e. The quantitative estimate of drug-likeness (QED) is 0.719. The Labute approximate surface area is 108 Å². The lowest BCUT2D eigenvalue weighted by atomic mass is 9.72. The fourth-order valence-electron chi connectivity index (χ4n) is 3.84. The molecule has 3 aliphatic rings. The monoisotopic (exact) mass is 254 g/mol. The van der Waals surface area contributed by atoms with E-state index in [1.165, 1.54) is 32.1 Å². The Morgan fingerprint density at radius 3 is 2.76 bits per heavy atom. The fourth-order valence-corrected chi connectivity index (χ4v) is 5.08. The smallest absolute Gasteiger partial charge is 0.146 e. The summed E-state index contributed by atoms with van der Waals surface area (Å²) in [7, 11) is 0. The summed E-state index contributed by atoms with van der Waals surface area (Å²) >= 11 is 1.83. The molecule has 17 heavy (non-hydrogen) atoms. The number of hydrogen-bond donors (Lipinski definition) is 0. The molecule has 1 saturated carbocycles. The fraction of sp³-hybridized carbons (Fsp3) is 0.929. The first-order valence-electron chi connectivity index (χ1n) is 7.04. The standard InChI is InChI=1S/C14H22O2S/c15-13-10-17-9-12(13)11-4-7-16-14(8-11)5-2-1-3-6-14/h11-12H,1-10H2. The Hall–Kier alpha value is -0.0200. The Morgan fingerprint density at radius 2 is 2.06 bits per heavy atom. The van der Waals surface area contributed by atoms with Crippen molar-refractivity contribution in [3.63, 3.8) is 0 Å². The Balaban J connectivity index is 1.68. The minimum absolute atomic E-state index is 0.161. The summed E-state index contributed by atoms with van der Waals surface area (Å²) in [4.78, 5) is 11.9. The zero-order chi connectivity index (χ0) is 11.7. The van der Waals surface area contributed by atoms with Gasteiger partial charge in [0.15, 0.2) is 0 Å². The molecule has 2 heterocycles. The van der Waals surface area contributed by atoms with E-state index in [0.717, 1.165) is 31.0 Å². The van der Waals surface area contributed by atoms with Crippen molar-refractivity contribution < 1.29 is 9.53 Å². The van der Waals surface area contributed by atoms with Crippen LogP contribution in [0.5, 0.6) is 0 Å². The van der Waals surface area contributed by atoms with Crippen LogP contribution in [0, 0.1) is 11.8 Å². The van der Waals surface area contributed by atoms with Crippen LogP contribution in [0.15, 0.2) is 0 Å². The molecule has 0 N–H and O–H groups in total. The van der Waals surface area contributed by atoms with Gasteiger partial charge in [0.1, 0.15) is 5.78 Å². The molecule has 0 aromatic carbocycles. The zero-order valence-electron chi connectivity index (χ0n) is 10.5. The number of ketones is 1. The minimum atomic E-state index is 0.161. The molecule has 1 aliphatic carbocycles. The maximum Gasteiger partial charge on any atom is 0.146 e. The van der Waals surface area contributed by atoms with Gasteiger partial charge in [-0.3, -0.25) is 4.79 Å². The summed E-state index contributed by atoms with van der Waals surface area (Å²) < 4.78 is 6.11. The Bertz CT molecular complexity index is 291. The van der Waals surface area contributed by atoms with E-state index in [2.05, 4.69) is 0 Å². The second-order valence-corrected chi connectivity index (χ2v) is 6.96. The molecular weight excluding hydrogens is 232 g/mol. The van der Waals surface area contributed by atoms with Crippen LogP contribution in [-0.2, 0) is 9.53 Å². The second kappa shape index (κ2) is 4.93. The third-order valence-electron chi connectivity index (χ3n) is 4.82. The average molecular weight is 254 g/mol. The van der Waals surface area contributed by atoms with Crippen LogP contribution in [-0.4, -0.2) is 29.5 Å². The van der Waals surface area contributed by atoms with E-state index < -0.39 is 0 Å². The van der Waals surface area contributed by atoms with Gasteiger partial charge >= 0.3 is 0 Å². The number of Topliss-reactive ketones (excluding diaryl/α,β-unsaturated/α-hetero) is 1. The van der Waals surface area contributed by atoms with Gasteiger partial charge in [-0.15, -0.1) is 0 Å². The molecule has 0 bridgehead atoms. The maximum atomic E-state index is 11.9. The highest BCUT2D eigenvalue weighted by Gasteiger charge is 2.43. The lowest BCUT2D eigenvalue weighted by molar-refractivity contribution is -0.135. The van der Waals surface area contributed by atoms with Crippen LogP contribution in [0.4, 0.5) is 0 Å². The van der Waals surface area contributed by atoms with E-state index in [0.29, 0.717) is 17.6 Å². The first-order valence-corrected chi connectivity index (χ1v) is 8.19. The predicted molar refractivity (Wildman–Crippen MR) is 70.3 cm³/mol. The molecule has 2 nitrogen and oxygen atoms in total. The van der Waals surface area contributed by atoms with Gasteiger partial charge in [0.25, 0.3) is 0 Å². The molecule has 0 amide bonds.